The molecule has 2 aromatic rings. The van der Waals surface area contributed by atoms with Gasteiger partial charge in [0.25, 0.3) is 0 Å². The van der Waals surface area contributed by atoms with Gasteiger partial charge in [0.05, 0.1) is 5.52 Å². The van der Waals surface area contributed by atoms with Crippen LogP contribution in [0.2, 0.25) is 0 Å². The van der Waals surface area contributed by atoms with Crippen LogP contribution >= 0.6 is 0 Å². The molecule has 1 aromatic heterocycles. The van der Waals surface area contributed by atoms with E-state index >= 15 is 0 Å². The first-order chi connectivity index (χ1) is 5.36. The van der Waals surface area contributed by atoms with E-state index in [4.69, 9.17) is 0 Å². The Morgan fingerprint density at radius 2 is 2.36 bits per heavy atom. The number of hydrogen-bond donors (Lipinski definition) is 0. The molecule has 0 aliphatic carbocycles. The molecule has 1 radical (unpaired) electrons. The first-order valence-corrected chi connectivity index (χ1v) is 3.46. The highest BCUT2D eigenvalue weighted by atomic mass is 14.9. The third kappa shape index (κ3) is 1.07. The quantitative estimate of drug-likeness (QED) is 0.561. The molecule has 0 fully saturated rings. The Hall–Kier alpha value is -1.44. The van der Waals surface area contributed by atoms with E-state index in [9.17, 15) is 0 Å². The molecule has 2 heteroatoms. The molecule has 0 N–H and O–H groups in total. The number of benzene rings is 1. The van der Waals surface area contributed by atoms with Crippen molar-refractivity contribution in [1.29, 1.82) is 0 Å². The van der Waals surface area contributed by atoms with Crippen LogP contribution in [0.4, 0.5) is 0 Å². The summed E-state index contributed by atoms with van der Waals surface area (Å²) in [6.45, 7) is 1.89. The van der Waals surface area contributed by atoms with Gasteiger partial charge in [-0.15, -0.1) is 0 Å². The zero-order valence-electron chi connectivity index (χ0n) is 6.20. The molecule has 11 heavy (non-hydrogen) atoms. The van der Waals surface area contributed by atoms with E-state index in [-0.39, 0.29) is 0 Å². The Labute approximate surface area is 64.9 Å². The zero-order valence-corrected chi connectivity index (χ0v) is 6.20. The van der Waals surface area contributed by atoms with Crippen molar-refractivity contribution in [3.8, 4) is 0 Å². The predicted octanol–water partition coefficient (Wildman–Crippen LogP) is 1.74. The number of rotatable bonds is 0. The molecule has 0 saturated heterocycles. The topological polar surface area (TPSA) is 25.8 Å². The van der Waals surface area contributed by atoms with Crippen molar-refractivity contribution in [2.24, 2.45) is 0 Å². The highest BCUT2D eigenvalue weighted by Crippen LogP contribution is 2.07. The highest BCUT2D eigenvalue weighted by molar-refractivity contribution is 5.76. The Bertz CT molecular complexity index is 382. The zero-order chi connectivity index (χ0) is 7.68. The lowest BCUT2D eigenvalue weighted by Gasteiger charge is -1.94. The first-order valence-electron chi connectivity index (χ1n) is 3.46. The smallest absolute Gasteiger partial charge is 0.125 e. The molecule has 0 aliphatic heterocycles. The number of aromatic nitrogens is 2. The van der Waals surface area contributed by atoms with Gasteiger partial charge in [-0.05, 0) is 25.1 Å². The maximum atomic E-state index is 4.24. The van der Waals surface area contributed by atoms with E-state index in [1.807, 2.05) is 31.3 Å². The van der Waals surface area contributed by atoms with Crippen LogP contribution < -0.4 is 0 Å². The minimum Gasteiger partial charge on any atom is -0.241 e. The molecule has 53 valence electrons. The normalized spacial score (nSPS) is 10.3. The van der Waals surface area contributed by atoms with Crippen LogP contribution in [0.15, 0.2) is 24.4 Å². The van der Waals surface area contributed by atoms with Crippen LogP contribution in [0, 0.1) is 13.0 Å². The molecule has 0 amide bonds. The minimum absolute atomic E-state index is 0.809. The van der Waals surface area contributed by atoms with Crippen molar-refractivity contribution in [2.45, 2.75) is 6.92 Å². The number of nitrogens with zero attached hydrogens (tertiary/aromatic N) is 2. The Kier molecular flexibility index (Phi) is 1.32. The van der Waals surface area contributed by atoms with Crippen LogP contribution in [-0.4, -0.2) is 9.97 Å². The van der Waals surface area contributed by atoms with Crippen LogP contribution in [0.3, 0.4) is 0 Å². The molecule has 0 atom stereocenters. The molecule has 2 rings (SSSR count). The van der Waals surface area contributed by atoms with Gasteiger partial charge in [-0.25, -0.2) is 9.97 Å². The van der Waals surface area contributed by atoms with Gasteiger partial charge in [0.1, 0.15) is 5.82 Å². The van der Waals surface area contributed by atoms with Crippen LogP contribution in [0.5, 0.6) is 0 Å². The summed E-state index contributed by atoms with van der Waals surface area (Å²) in [5.41, 5.74) is 0.983. The average molecular weight is 143 g/mol. The molecule has 0 unspecified atom stereocenters. The van der Waals surface area contributed by atoms with Crippen molar-refractivity contribution >= 4 is 10.9 Å². The van der Waals surface area contributed by atoms with Crippen LogP contribution in [0.1, 0.15) is 5.82 Å². The van der Waals surface area contributed by atoms with Crippen LogP contribution in [-0.2, 0) is 0 Å². The second kappa shape index (κ2) is 2.31. The van der Waals surface area contributed by atoms with Gasteiger partial charge in [-0.2, -0.15) is 0 Å². The Balaban J connectivity index is 2.83. The second-order valence-corrected chi connectivity index (χ2v) is 2.40. The van der Waals surface area contributed by atoms with E-state index in [1.165, 1.54) is 0 Å². The third-order valence-corrected chi connectivity index (χ3v) is 1.54. The lowest BCUT2D eigenvalue weighted by Crippen LogP contribution is -1.86. The third-order valence-electron chi connectivity index (χ3n) is 1.54. The maximum Gasteiger partial charge on any atom is 0.125 e. The molecule has 1 heterocycles. The van der Waals surface area contributed by atoms with Crippen LogP contribution in [0.25, 0.3) is 10.9 Å². The summed E-state index contributed by atoms with van der Waals surface area (Å²) in [4.78, 5) is 8.32. The number of hydrogen-bond acceptors (Lipinski definition) is 2. The predicted molar refractivity (Wildman–Crippen MR) is 43.1 cm³/mol. The van der Waals surface area contributed by atoms with E-state index in [2.05, 4.69) is 16.0 Å². The van der Waals surface area contributed by atoms with Crippen molar-refractivity contribution in [1.82, 2.24) is 9.97 Å². The summed E-state index contributed by atoms with van der Waals surface area (Å²) in [5.74, 6) is 0.809. The molecule has 0 saturated carbocycles. The highest BCUT2D eigenvalue weighted by Gasteiger charge is 1.92. The van der Waals surface area contributed by atoms with Gasteiger partial charge in [0, 0.05) is 11.6 Å². The maximum absolute atomic E-state index is 4.24. The fourth-order valence-electron chi connectivity index (χ4n) is 1.01. The summed E-state index contributed by atoms with van der Waals surface area (Å²) in [5, 5.41) is 1.04. The van der Waals surface area contributed by atoms with Crippen molar-refractivity contribution in [2.75, 3.05) is 0 Å². The lowest BCUT2D eigenvalue weighted by molar-refractivity contribution is 1.09. The van der Waals surface area contributed by atoms with Gasteiger partial charge in [-0.3, -0.25) is 0 Å². The Morgan fingerprint density at radius 3 is 3.27 bits per heavy atom. The molecule has 1 aromatic carbocycles. The summed E-state index contributed by atoms with van der Waals surface area (Å²) in [6.07, 6.45) is 1.81. The van der Waals surface area contributed by atoms with Gasteiger partial charge in [0.15, 0.2) is 0 Å². The van der Waals surface area contributed by atoms with E-state index in [0.717, 1.165) is 16.7 Å². The average Bonchev–Trinajstić information content (AvgIpc) is 2.04. The monoisotopic (exact) mass is 143 g/mol. The molecule has 0 bridgehead atoms. The largest absolute Gasteiger partial charge is 0.241 e. The first kappa shape index (κ1) is 6.28. The standard InChI is InChI=1S/C9H7N2/c1-7-10-6-8-4-2-3-5-9(8)11-7/h3-6H,1H3. The van der Waals surface area contributed by atoms with Gasteiger partial charge < -0.3 is 0 Å². The molecule has 2 nitrogen and oxygen atoms in total. The van der Waals surface area contributed by atoms with Crippen molar-refractivity contribution < 1.29 is 0 Å². The van der Waals surface area contributed by atoms with E-state index in [0.29, 0.717) is 0 Å². The number of fused-ring (bicyclic) bond motifs is 1. The Morgan fingerprint density at radius 1 is 1.45 bits per heavy atom. The molecular weight excluding hydrogens is 136 g/mol. The fraction of sp³-hybridized carbons (Fsp3) is 0.111. The SMILES string of the molecule is Cc1ncc2c[c]ccc2n1. The summed E-state index contributed by atoms with van der Waals surface area (Å²) < 4.78 is 0. The summed E-state index contributed by atoms with van der Waals surface area (Å²) in [7, 11) is 0. The molecule has 0 aliphatic rings. The van der Waals surface area contributed by atoms with Crippen molar-refractivity contribution in [3.63, 3.8) is 0 Å². The lowest BCUT2D eigenvalue weighted by atomic mass is 10.2. The van der Waals surface area contributed by atoms with Gasteiger partial charge >= 0.3 is 0 Å². The van der Waals surface area contributed by atoms with E-state index < -0.39 is 0 Å². The summed E-state index contributed by atoms with van der Waals surface area (Å²) >= 11 is 0. The van der Waals surface area contributed by atoms with Gasteiger partial charge in [0.2, 0.25) is 0 Å². The summed E-state index contributed by atoms with van der Waals surface area (Å²) in [6, 6.07) is 8.65. The van der Waals surface area contributed by atoms with Gasteiger partial charge in [-0.1, -0.05) is 6.07 Å². The number of aryl methyl sites for hydroxylation is 1. The van der Waals surface area contributed by atoms with E-state index in [1.54, 1.807) is 0 Å². The minimum atomic E-state index is 0.809. The second-order valence-electron chi connectivity index (χ2n) is 2.40. The van der Waals surface area contributed by atoms with Crippen molar-refractivity contribution in [3.05, 3.63) is 36.3 Å². The molecular formula is C9H7N2. The fourth-order valence-corrected chi connectivity index (χ4v) is 1.01. The molecule has 0 spiro atoms.